The van der Waals surface area contributed by atoms with Gasteiger partial charge in [0.2, 0.25) is 5.91 Å². The van der Waals surface area contributed by atoms with Crippen LogP contribution in [0.1, 0.15) is 26.7 Å². The van der Waals surface area contributed by atoms with Crippen molar-refractivity contribution in [2.24, 2.45) is 17.8 Å². The summed E-state index contributed by atoms with van der Waals surface area (Å²) in [6.45, 7) is 3.51. The molecule has 0 spiro atoms. The van der Waals surface area contributed by atoms with Crippen molar-refractivity contribution in [2.45, 2.75) is 32.7 Å². The molecule has 1 aliphatic rings. The Morgan fingerprint density at radius 2 is 1.94 bits per heavy atom. The van der Waals surface area contributed by atoms with Gasteiger partial charge in [-0.3, -0.25) is 9.59 Å². The molecule has 4 atom stereocenters. The van der Waals surface area contributed by atoms with Crippen molar-refractivity contribution in [3.05, 3.63) is 0 Å². The van der Waals surface area contributed by atoms with Crippen molar-refractivity contribution >= 4 is 11.9 Å². The van der Waals surface area contributed by atoms with Gasteiger partial charge in [0, 0.05) is 6.04 Å². The summed E-state index contributed by atoms with van der Waals surface area (Å²) < 4.78 is 0. The van der Waals surface area contributed by atoms with Gasteiger partial charge in [-0.2, -0.15) is 0 Å². The smallest absolute Gasteiger partial charge is 0.307 e. The molecule has 0 aromatic heterocycles. The van der Waals surface area contributed by atoms with E-state index in [0.717, 1.165) is 0 Å². The molecule has 1 saturated carbocycles. The average molecular weight is 229 g/mol. The molecule has 0 bridgehead atoms. The number of nitrogens with one attached hydrogen (secondary N) is 1. The molecule has 1 rings (SSSR count). The number of carbonyl (C=O) groups excluding carboxylic acids is 1. The highest BCUT2D eigenvalue weighted by atomic mass is 16.4. The van der Waals surface area contributed by atoms with Gasteiger partial charge in [0.05, 0.1) is 18.4 Å². The quantitative estimate of drug-likeness (QED) is 0.644. The lowest BCUT2D eigenvalue weighted by Gasteiger charge is -2.18. The molecular formula is C11H19NO4. The Bertz CT molecular complexity index is 279. The first-order valence-electron chi connectivity index (χ1n) is 5.59. The third-order valence-corrected chi connectivity index (χ3v) is 3.11. The van der Waals surface area contributed by atoms with Crippen LogP contribution in [-0.2, 0) is 9.59 Å². The summed E-state index contributed by atoms with van der Waals surface area (Å²) in [5, 5.41) is 20.5. The van der Waals surface area contributed by atoms with E-state index in [0.29, 0.717) is 12.8 Å². The molecule has 0 aliphatic heterocycles. The van der Waals surface area contributed by atoms with Gasteiger partial charge >= 0.3 is 5.97 Å². The second-order valence-corrected chi connectivity index (χ2v) is 4.72. The molecule has 5 heteroatoms. The third kappa shape index (κ3) is 2.95. The largest absolute Gasteiger partial charge is 0.481 e. The van der Waals surface area contributed by atoms with Gasteiger partial charge in [0.15, 0.2) is 0 Å². The van der Waals surface area contributed by atoms with Crippen molar-refractivity contribution < 1.29 is 19.8 Å². The Morgan fingerprint density at radius 1 is 1.38 bits per heavy atom. The molecule has 0 aromatic carbocycles. The van der Waals surface area contributed by atoms with E-state index < -0.39 is 17.8 Å². The summed E-state index contributed by atoms with van der Waals surface area (Å²) in [7, 11) is 0. The zero-order valence-corrected chi connectivity index (χ0v) is 9.64. The number of amides is 1. The van der Waals surface area contributed by atoms with Gasteiger partial charge in [-0.25, -0.2) is 0 Å². The van der Waals surface area contributed by atoms with Crippen LogP contribution in [0.2, 0.25) is 0 Å². The molecule has 0 aromatic rings. The molecule has 0 heterocycles. The van der Waals surface area contributed by atoms with E-state index in [1.807, 2.05) is 6.92 Å². The van der Waals surface area contributed by atoms with E-state index in [4.69, 9.17) is 10.2 Å². The van der Waals surface area contributed by atoms with E-state index in [2.05, 4.69) is 5.32 Å². The average Bonchev–Trinajstić information content (AvgIpc) is 2.60. The van der Waals surface area contributed by atoms with Crippen LogP contribution in [0.25, 0.3) is 0 Å². The zero-order chi connectivity index (χ0) is 12.3. The maximum atomic E-state index is 11.8. The lowest BCUT2D eigenvalue weighted by Crippen LogP contribution is -2.41. The third-order valence-electron chi connectivity index (χ3n) is 3.11. The number of aliphatic carboxylic acids is 1. The maximum absolute atomic E-state index is 11.8. The Hall–Kier alpha value is -1.10. The number of rotatable bonds is 4. The van der Waals surface area contributed by atoms with Gasteiger partial charge in [-0.15, -0.1) is 0 Å². The zero-order valence-electron chi connectivity index (χ0n) is 9.64. The minimum absolute atomic E-state index is 0.133. The van der Waals surface area contributed by atoms with Crippen LogP contribution < -0.4 is 5.32 Å². The van der Waals surface area contributed by atoms with Crippen LogP contribution in [-0.4, -0.2) is 34.7 Å². The predicted molar refractivity (Wildman–Crippen MR) is 57.7 cm³/mol. The highest BCUT2D eigenvalue weighted by molar-refractivity contribution is 5.85. The molecule has 1 aliphatic carbocycles. The number of carboxylic acids is 1. The number of carboxylic acid groups (broad SMARTS) is 1. The normalized spacial score (nSPS) is 31.1. The van der Waals surface area contributed by atoms with Crippen molar-refractivity contribution in [3.8, 4) is 0 Å². The first kappa shape index (κ1) is 13.0. The molecule has 0 radical (unpaired) electrons. The fourth-order valence-corrected chi connectivity index (χ4v) is 2.25. The van der Waals surface area contributed by atoms with E-state index in [-0.39, 0.29) is 24.5 Å². The van der Waals surface area contributed by atoms with E-state index in [9.17, 15) is 9.59 Å². The fourth-order valence-electron chi connectivity index (χ4n) is 2.25. The molecule has 16 heavy (non-hydrogen) atoms. The summed E-state index contributed by atoms with van der Waals surface area (Å²) in [5.74, 6) is -1.93. The Labute approximate surface area is 94.8 Å². The van der Waals surface area contributed by atoms with E-state index in [1.165, 1.54) is 0 Å². The first-order chi connectivity index (χ1) is 7.45. The van der Waals surface area contributed by atoms with Crippen LogP contribution in [0.4, 0.5) is 0 Å². The minimum atomic E-state index is -0.902. The lowest BCUT2D eigenvalue weighted by atomic mass is 9.95. The topological polar surface area (TPSA) is 86.6 Å². The molecule has 5 nitrogen and oxygen atoms in total. The molecule has 4 unspecified atom stereocenters. The number of hydrogen-bond acceptors (Lipinski definition) is 3. The van der Waals surface area contributed by atoms with Crippen molar-refractivity contribution in [3.63, 3.8) is 0 Å². The lowest BCUT2D eigenvalue weighted by molar-refractivity contribution is -0.146. The van der Waals surface area contributed by atoms with Crippen molar-refractivity contribution in [1.82, 2.24) is 5.32 Å². The molecule has 92 valence electrons. The monoisotopic (exact) mass is 229 g/mol. The van der Waals surface area contributed by atoms with Crippen LogP contribution in [0.15, 0.2) is 0 Å². The molecular weight excluding hydrogens is 210 g/mol. The molecule has 0 saturated heterocycles. The Balaban J connectivity index is 2.63. The Kier molecular flexibility index (Phi) is 4.29. The van der Waals surface area contributed by atoms with Crippen LogP contribution in [0, 0.1) is 17.8 Å². The predicted octanol–water partition coefficient (Wildman–Crippen LogP) is 0.230. The summed E-state index contributed by atoms with van der Waals surface area (Å²) in [6.07, 6.45) is 1.17. The highest BCUT2D eigenvalue weighted by Gasteiger charge is 2.41. The maximum Gasteiger partial charge on any atom is 0.307 e. The van der Waals surface area contributed by atoms with Gasteiger partial charge in [0.1, 0.15) is 0 Å². The highest BCUT2D eigenvalue weighted by Crippen LogP contribution is 2.36. The number of aliphatic hydroxyl groups is 1. The fraction of sp³-hybridized carbons (Fsp3) is 0.818. The van der Waals surface area contributed by atoms with Crippen LogP contribution in [0.3, 0.4) is 0 Å². The standard InChI is InChI=1S/C11H19NO4/c1-6-3-8(9(4-6)11(15)16)10(14)12-7(2)5-13/h6-9,13H,3-5H2,1-2H3,(H,12,14)(H,15,16). The number of carbonyl (C=O) groups is 2. The van der Waals surface area contributed by atoms with Gasteiger partial charge < -0.3 is 15.5 Å². The van der Waals surface area contributed by atoms with Gasteiger partial charge in [0.25, 0.3) is 0 Å². The summed E-state index contributed by atoms with van der Waals surface area (Å²) in [5.41, 5.74) is 0. The second-order valence-electron chi connectivity index (χ2n) is 4.72. The second kappa shape index (κ2) is 5.30. The van der Waals surface area contributed by atoms with Gasteiger partial charge in [-0.1, -0.05) is 6.92 Å². The van der Waals surface area contributed by atoms with Crippen LogP contribution in [0.5, 0.6) is 0 Å². The minimum Gasteiger partial charge on any atom is -0.481 e. The Morgan fingerprint density at radius 3 is 2.44 bits per heavy atom. The summed E-state index contributed by atoms with van der Waals surface area (Å²) in [6, 6.07) is -0.321. The molecule has 1 amide bonds. The van der Waals surface area contributed by atoms with E-state index >= 15 is 0 Å². The SMILES string of the molecule is CC1CC(C(=O)O)C(C(=O)NC(C)CO)C1. The van der Waals surface area contributed by atoms with E-state index in [1.54, 1.807) is 6.92 Å². The number of hydrogen-bond donors (Lipinski definition) is 3. The van der Waals surface area contributed by atoms with Crippen molar-refractivity contribution in [2.75, 3.05) is 6.61 Å². The summed E-state index contributed by atoms with van der Waals surface area (Å²) in [4.78, 5) is 22.8. The number of aliphatic hydroxyl groups excluding tert-OH is 1. The summed E-state index contributed by atoms with van der Waals surface area (Å²) >= 11 is 0. The molecule has 3 N–H and O–H groups in total. The van der Waals surface area contributed by atoms with Crippen molar-refractivity contribution in [1.29, 1.82) is 0 Å². The molecule has 1 fully saturated rings. The van der Waals surface area contributed by atoms with Gasteiger partial charge in [-0.05, 0) is 25.7 Å². The van der Waals surface area contributed by atoms with Crippen LogP contribution >= 0.6 is 0 Å². The first-order valence-corrected chi connectivity index (χ1v) is 5.59.